The van der Waals surface area contributed by atoms with Crippen molar-refractivity contribution in [1.29, 1.82) is 0 Å². The maximum absolute atomic E-state index is 11.2. The first-order valence-electron chi connectivity index (χ1n) is 7.47. The maximum Gasteiger partial charge on any atom is 0.311 e. The molecule has 0 saturated carbocycles. The van der Waals surface area contributed by atoms with Crippen molar-refractivity contribution in [3.05, 3.63) is 44.5 Å². The van der Waals surface area contributed by atoms with Crippen LogP contribution in [0.15, 0.2) is 23.7 Å². The van der Waals surface area contributed by atoms with Crippen molar-refractivity contribution >= 4 is 22.8 Å². The summed E-state index contributed by atoms with van der Waals surface area (Å²) in [6, 6.07) is 3.13. The van der Waals surface area contributed by atoms with Gasteiger partial charge in [0.15, 0.2) is 0 Å². The number of nitrogens with zero attached hydrogens (tertiary/aromatic N) is 4. The standard InChI is InChI=1S/C15H18N4O2S/c1-2-12-10-22-15(17-12)11-5-4-8-18(9-11)14-13(19(20)21)6-3-7-16-14/h3,6-7,10-11H,2,4-5,8-9H2,1H3/t11-/m0/s1. The second kappa shape index (κ2) is 6.39. The van der Waals surface area contributed by atoms with E-state index >= 15 is 0 Å². The average Bonchev–Trinajstić information content (AvgIpc) is 3.04. The first kappa shape index (κ1) is 14.9. The molecule has 0 aromatic carbocycles. The van der Waals surface area contributed by atoms with E-state index in [1.165, 1.54) is 6.07 Å². The van der Waals surface area contributed by atoms with Crippen LogP contribution in [0, 0.1) is 10.1 Å². The minimum Gasteiger partial charge on any atom is -0.350 e. The van der Waals surface area contributed by atoms with Gasteiger partial charge in [0.2, 0.25) is 5.82 Å². The fourth-order valence-electron chi connectivity index (χ4n) is 2.82. The minimum absolute atomic E-state index is 0.0801. The van der Waals surface area contributed by atoms with E-state index in [1.807, 2.05) is 4.90 Å². The molecule has 0 amide bonds. The van der Waals surface area contributed by atoms with Gasteiger partial charge in [-0.3, -0.25) is 10.1 Å². The lowest BCUT2D eigenvalue weighted by Crippen LogP contribution is -2.35. The first-order chi connectivity index (χ1) is 10.7. The van der Waals surface area contributed by atoms with Crippen LogP contribution < -0.4 is 4.90 Å². The molecule has 116 valence electrons. The predicted molar refractivity (Wildman–Crippen MR) is 86.6 cm³/mol. The summed E-state index contributed by atoms with van der Waals surface area (Å²) in [6.45, 7) is 3.65. The number of aryl methyl sites for hydroxylation is 1. The van der Waals surface area contributed by atoms with Gasteiger partial charge in [-0.05, 0) is 25.3 Å². The van der Waals surface area contributed by atoms with Crippen LogP contribution >= 0.6 is 11.3 Å². The third kappa shape index (κ3) is 2.94. The van der Waals surface area contributed by atoms with Gasteiger partial charge in [0.25, 0.3) is 0 Å². The van der Waals surface area contributed by atoms with Gasteiger partial charge < -0.3 is 4.90 Å². The molecule has 0 N–H and O–H groups in total. The SMILES string of the molecule is CCc1csc([C@H]2CCCN(c3ncccc3[N+](=O)[O-])C2)n1. The van der Waals surface area contributed by atoms with Crippen LogP contribution in [0.1, 0.15) is 36.4 Å². The molecule has 0 spiro atoms. The summed E-state index contributed by atoms with van der Waals surface area (Å²) in [5, 5.41) is 14.4. The van der Waals surface area contributed by atoms with E-state index in [4.69, 9.17) is 0 Å². The van der Waals surface area contributed by atoms with Crippen molar-refractivity contribution in [3.8, 4) is 0 Å². The Bertz CT molecular complexity index is 673. The molecule has 22 heavy (non-hydrogen) atoms. The van der Waals surface area contributed by atoms with E-state index in [2.05, 4.69) is 22.3 Å². The molecule has 3 rings (SSSR count). The second-order valence-electron chi connectivity index (χ2n) is 5.42. The third-order valence-corrected chi connectivity index (χ3v) is 5.02. The molecule has 2 aromatic rings. The summed E-state index contributed by atoms with van der Waals surface area (Å²) in [4.78, 5) is 21.8. The fraction of sp³-hybridized carbons (Fsp3) is 0.467. The number of rotatable bonds is 4. The number of thiazole rings is 1. The van der Waals surface area contributed by atoms with Crippen LogP contribution in [-0.2, 0) is 6.42 Å². The van der Waals surface area contributed by atoms with Gasteiger partial charge in [-0.1, -0.05) is 6.92 Å². The van der Waals surface area contributed by atoms with E-state index in [-0.39, 0.29) is 10.6 Å². The van der Waals surface area contributed by atoms with Crippen molar-refractivity contribution in [2.75, 3.05) is 18.0 Å². The number of anilines is 1. The van der Waals surface area contributed by atoms with Crippen LogP contribution in [0.25, 0.3) is 0 Å². The number of aromatic nitrogens is 2. The zero-order valence-corrected chi connectivity index (χ0v) is 13.3. The Morgan fingerprint density at radius 3 is 3.14 bits per heavy atom. The molecule has 1 atom stereocenters. The Morgan fingerprint density at radius 2 is 2.41 bits per heavy atom. The minimum atomic E-state index is -0.357. The number of piperidine rings is 1. The van der Waals surface area contributed by atoms with Gasteiger partial charge in [-0.25, -0.2) is 9.97 Å². The molecule has 1 aliphatic rings. The lowest BCUT2D eigenvalue weighted by atomic mass is 9.98. The van der Waals surface area contributed by atoms with E-state index in [0.29, 0.717) is 11.7 Å². The number of pyridine rings is 1. The highest BCUT2D eigenvalue weighted by Gasteiger charge is 2.28. The molecule has 1 aliphatic heterocycles. The van der Waals surface area contributed by atoms with Crippen LogP contribution in [0.2, 0.25) is 0 Å². The molecule has 7 heteroatoms. The molecular formula is C15H18N4O2S. The summed E-state index contributed by atoms with van der Waals surface area (Å²) < 4.78 is 0. The van der Waals surface area contributed by atoms with Crippen molar-refractivity contribution < 1.29 is 4.92 Å². The monoisotopic (exact) mass is 318 g/mol. The van der Waals surface area contributed by atoms with Crippen molar-refractivity contribution in [3.63, 3.8) is 0 Å². The number of hydrogen-bond donors (Lipinski definition) is 0. The highest BCUT2D eigenvalue weighted by Crippen LogP contribution is 2.34. The van der Waals surface area contributed by atoms with E-state index in [1.54, 1.807) is 23.6 Å². The highest BCUT2D eigenvalue weighted by atomic mass is 32.1. The Hall–Kier alpha value is -2.02. The Labute approximate surface area is 133 Å². The topological polar surface area (TPSA) is 72.2 Å². The molecule has 0 bridgehead atoms. The predicted octanol–water partition coefficient (Wildman–Crippen LogP) is 3.39. The first-order valence-corrected chi connectivity index (χ1v) is 8.35. The summed E-state index contributed by atoms with van der Waals surface area (Å²) >= 11 is 1.70. The van der Waals surface area contributed by atoms with Gasteiger partial charge in [0.05, 0.1) is 15.6 Å². The van der Waals surface area contributed by atoms with Gasteiger partial charge >= 0.3 is 5.69 Å². The van der Waals surface area contributed by atoms with Crippen LogP contribution in [0.5, 0.6) is 0 Å². The molecule has 2 aromatic heterocycles. The van der Waals surface area contributed by atoms with Crippen molar-refractivity contribution in [2.24, 2.45) is 0 Å². The molecule has 1 saturated heterocycles. The smallest absolute Gasteiger partial charge is 0.311 e. The van der Waals surface area contributed by atoms with Crippen molar-refractivity contribution in [2.45, 2.75) is 32.1 Å². The zero-order valence-electron chi connectivity index (χ0n) is 12.4. The summed E-state index contributed by atoms with van der Waals surface area (Å²) in [5.74, 6) is 0.810. The second-order valence-corrected chi connectivity index (χ2v) is 6.31. The summed E-state index contributed by atoms with van der Waals surface area (Å²) in [6.07, 6.45) is 4.64. The molecule has 0 unspecified atom stereocenters. The summed E-state index contributed by atoms with van der Waals surface area (Å²) in [5.41, 5.74) is 1.21. The Morgan fingerprint density at radius 1 is 1.55 bits per heavy atom. The average molecular weight is 318 g/mol. The zero-order chi connectivity index (χ0) is 15.5. The molecule has 0 radical (unpaired) electrons. The van der Waals surface area contributed by atoms with Gasteiger partial charge in [-0.2, -0.15) is 0 Å². The Balaban J connectivity index is 1.83. The normalized spacial score (nSPS) is 18.4. The van der Waals surface area contributed by atoms with Crippen LogP contribution in [0.4, 0.5) is 11.5 Å². The quantitative estimate of drug-likeness (QED) is 0.638. The molecule has 3 heterocycles. The number of nitro groups is 1. The lowest BCUT2D eigenvalue weighted by Gasteiger charge is -2.32. The largest absolute Gasteiger partial charge is 0.350 e. The van der Waals surface area contributed by atoms with Gasteiger partial charge in [0.1, 0.15) is 0 Å². The van der Waals surface area contributed by atoms with Crippen LogP contribution in [0.3, 0.4) is 0 Å². The lowest BCUT2D eigenvalue weighted by molar-refractivity contribution is -0.384. The maximum atomic E-state index is 11.2. The molecular weight excluding hydrogens is 300 g/mol. The van der Waals surface area contributed by atoms with Gasteiger partial charge in [-0.15, -0.1) is 11.3 Å². The molecule has 1 fully saturated rings. The Kier molecular flexibility index (Phi) is 4.33. The highest BCUT2D eigenvalue weighted by molar-refractivity contribution is 7.09. The molecule has 6 nitrogen and oxygen atoms in total. The third-order valence-electron chi connectivity index (χ3n) is 3.96. The summed E-state index contributed by atoms with van der Waals surface area (Å²) in [7, 11) is 0. The van der Waals surface area contributed by atoms with Crippen molar-refractivity contribution in [1.82, 2.24) is 9.97 Å². The number of hydrogen-bond acceptors (Lipinski definition) is 6. The molecule has 0 aliphatic carbocycles. The van der Waals surface area contributed by atoms with E-state index < -0.39 is 0 Å². The van der Waals surface area contributed by atoms with Gasteiger partial charge in [0, 0.05) is 36.7 Å². The van der Waals surface area contributed by atoms with E-state index in [9.17, 15) is 10.1 Å². The fourth-order valence-corrected chi connectivity index (χ4v) is 3.85. The van der Waals surface area contributed by atoms with E-state index in [0.717, 1.165) is 43.1 Å². The van der Waals surface area contributed by atoms with Crippen LogP contribution in [-0.4, -0.2) is 28.0 Å².